The summed E-state index contributed by atoms with van der Waals surface area (Å²) >= 11 is 3.18. The molecule has 0 bridgehead atoms. The molecule has 0 radical (unpaired) electrons. The molecule has 98 valence electrons. The van der Waals surface area contributed by atoms with Crippen LogP contribution in [0.4, 0.5) is 0 Å². The molecule has 6 heteroatoms. The third-order valence-electron chi connectivity index (χ3n) is 2.21. The van der Waals surface area contributed by atoms with Gasteiger partial charge in [-0.15, -0.1) is 11.3 Å². The number of carbonyl (C=O) groups is 1. The highest BCUT2D eigenvalue weighted by Crippen LogP contribution is 2.24. The molecule has 0 atom stereocenters. The Morgan fingerprint density at radius 2 is 2.42 bits per heavy atom. The number of thioether (sulfide) groups is 1. The van der Waals surface area contributed by atoms with E-state index in [2.05, 4.69) is 9.97 Å². The lowest BCUT2D eigenvalue weighted by Crippen LogP contribution is -1.88. The van der Waals surface area contributed by atoms with Gasteiger partial charge in [-0.3, -0.25) is 0 Å². The Kier molecular flexibility index (Phi) is 4.70. The van der Waals surface area contributed by atoms with Crippen molar-refractivity contribution in [1.29, 1.82) is 0 Å². The van der Waals surface area contributed by atoms with Gasteiger partial charge in [0, 0.05) is 28.6 Å². The fourth-order valence-electron chi connectivity index (χ4n) is 1.36. The van der Waals surface area contributed by atoms with Crippen molar-refractivity contribution in [3.05, 3.63) is 45.9 Å². The van der Waals surface area contributed by atoms with E-state index in [1.165, 1.54) is 4.88 Å². The molecule has 0 fully saturated rings. The Labute approximate surface area is 119 Å². The summed E-state index contributed by atoms with van der Waals surface area (Å²) in [5.41, 5.74) is 1.86. The number of carboxylic acid groups (broad SMARTS) is 1. The van der Waals surface area contributed by atoms with Crippen molar-refractivity contribution in [3.63, 3.8) is 0 Å². The summed E-state index contributed by atoms with van der Waals surface area (Å²) in [6.45, 7) is 1.94. The van der Waals surface area contributed by atoms with Crippen molar-refractivity contribution in [3.8, 4) is 0 Å². The molecule has 1 N–H and O–H groups in total. The Morgan fingerprint density at radius 1 is 1.58 bits per heavy atom. The fourth-order valence-corrected chi connectivity index (χ4v) is 3.15. The van der Waals surface area contributed by atoms with Crippen LogP contribution in [0.2, 0.25) is 0 Å². The van der Waals surface area contributed by atoms with Crippen LogP contribution in [0.15, 0.2) is 34.9 Å². The van der Waals surface area contributed by atoms with Crippen molar-refractivity contribution in [2.75, 3.05) is 0 Å². The molecule has 0 saturated heterocycles. The molecular weight excluding hydrogens is 280 g/mol. The van der Waals surface area contributed by atoms with E-state index in [1.807, 2.05) is 24.4 Å². The molecular formula is C13H12N2O2S2. The maximum Gasteiger partial charge on any atom is 0.328 e. The predicted molar refractivity (Wildman–Crippen MR) is 77.3 cm³/mol. The molecule has 0 unspecified atom stereocenters. The van der Waals surface area contributed by atoms with Crippen LogP contribution in [0.3, 0.4) is 0 Å². The van der Waals surface area contributed by atoms with Crippen LogP contribution in [0.25, 0.3) is 6.08 Å². The summed E-state index contributed by atoms with van der Waals surface area (Å²) in [4.78, 5) is 20.1. The first-order valence-corrected chi connectivity index (χ1v) is 7.41. The summed E-state index contributed by atoms with van der Waals surface area (Å²) in [5, 5.41) is 11.3. The summed E-state index contributed by atoms with van der Waals surface area (Å²) in [6.07, 6.45) is 4.49. The van der Waals surface area contributed by atoms with Gasteiger partial charge in [-0.05, 0) is 36.1 Å². The summed E-state index contributed by atoms with van der Waals surface area (Å²) in [6, 6.07) is 3.84. The third-order valence-corrected chi connectivity index (χ3v) is 4.26. The van der Waals surface area contributed by atoms with Gasteiger partial charge in [-0.25, -0.2) is 14.8 Å². The molecule has 2 heterocycles. The van der Waals surface area contributed by atoms with Crippen LogP contribution in [0.1, 0.15) is 16.1 Å². The monoisotopic (exact) mass is 292 g/mol. The maximum atomic E-state index is 10.4. The van der Waals surface area contributed by atoms with Crippen LogP contribution in [0.5, 0.6) is 0 Å². The van der Waals surface area contributed by atoms with Crippen LogP contribution in [-0.2, 0) is 10.5 Å². The van der Waals surface area contributed by atoms with Crippen molar-refractivity contribution < 1.29 is 9.90 Å². The zero-order chi connectivity index (χ0) is 13.7. The van der Waals surface area contributed by atoms with E-state index in [1.54, 1.807) is 35.4 Å². The number of rotatable bonds is 5. The smallest absolute Gasteiger partial charge is 0.328 e. The number of aromatic nitrogens is 2. The summed E-state index contributed by atoms with van der Waals surface area (Å²) < 4.78 is 0. The van der Waals surface area contributed by atoms with E-state index in [-0.39, 0.29) is 0 Å². The minimum atomic E-state index is -0.935. The molecule has 2 aromatic rings. The minimum Gasteiger partial charge on any atom is -0.478 e. The quantitative estimate of drug-likeness (QED) is 0.521. The van der Waals surface area contributed by atoms with E-state index in [0.717, 1.165) is 28.2 Å². The molecule has 0 aliphatic heterocycles. The second-order valence-electron chi connectivity index (χ2n) is 3.79. The number of nitrogens with zero attached hydrogens (tertiary/aromatic N) is 2. The van der Waals surface area contributed by atoms with Crippen molar-refractivity contribution in [2.45, 2.75) is 17.8 Å². The highest BCUT2D eigenvalue weighted by Gasteiger charge is 2.02. The van der Waals surface area contributed by atoms with Gasteiger partial charge in [0.05, 0.1) is 0 Å². The molecule has 2 aromatic heterocycles. The lowest BCUT2D eigenvalue weighted by Gasteiger charge is -1.98. The Hall–Kier alpha value is -1.66. The van der Waals surface area contributed by atoms with E-state index in [9.17, 15) is 4.79 Å². The van der Waals surface area contributed by atoms with Gasteiger partial charge in [0.1, 0.15) is 0 Å². The highest BCUT2D eigenvalue weighted by molar-refractivity contribution is 7.98. The highest BCUT2D eigenvalue weighted by atomic mass is 32.2. The number of carboxylic acids is 1. The predicted octanol–water partition coefficient (Wildman–Crippen LogP) is 3.24. The largest absolute Gasteiger partial charge is 0.478 e. The lowest BCUT2D eigenvalue weighted by atomic mass is 10.3. The van der Waals surface area contributed by atoms with Gasteiger partial charge in [-0.2, -0.15) is 0 Å². The molecule has 0 saturated carbocycles. The molecule has 19 heavy (non-hydrogen) atoms. The molecule has 0 aromatic carbocycles. The second kappa shape index (κ2) is 6.49. The van der Waals surface area contributed by atoms with Gasteiger partial charge < -0.3 is 5.11 Å². The first kappa shape index (κ1) is 13.8. The number of hydrogen-bond donors (Lipinski definition) is 1. The molecule has 4 nitrogen and oxygen atoms in total. The third kappa shape index (κ3) is 4.50. The Balaban J connectivity index is 1.95. The molecule has 0 aliphatic carbocycles. The first-order chi connectivity index (χ1) is 9.13. The van der Waals surface area contributed by atoms with Crippen LogP contribution >= 0.6 is 23.1 Å². The summed E-state index contributed by atoms with van der Waals surface area (Å²) in [7, 11) is 0. The van der Waals surface area contributed by atoms with E-state index in [4.69, 9.17) is 5.11 Å². The molecule has 0 spiro atoms. The summed E-state index contributed by atoms with van der Waals surface area (Å²) in [5.74, 6) is -0.148. The number of aryl methyl sites for hydroxylation is 1. The number of hydrogen-bond acceptors (Lipinski definition) is 5. The van der Waals surface area contributed by atoms with Gasteiger partial charge in [-0.1, -0.05) is 11.8 Å². The SMILES string of the molecule is Cc1ccnc(SCc2cc(C=CC(=O)O)cs2)n1. The van der Waals surface area contributed by atoms with Crippen molar-refractivity contribution in [1.82, 2.24) is 9.97 Å². The van der Waals surface area contributed by atoms with Gasteiger partial charge in [0.25, 0.3) is 0 Å². The average molecular weight is 292 g/mol. The average Bonchev–Trinajstić information content (AvgIpc) is 2.82. The number of aliphatic carboxylic acids is 1. The van der Waals surface area contributed by atoms with Crippen LogP contribution < -0.4 is 0 Å². The van der Waals surface area contributed by atoms with Crippen molar-refractivity contribution in [2.24, 2.45) is 0 Å². The standard InChI is InChI=1S/C13H12N2O2S2/c1-9-4-5-14-13(15-9)19-8-11-6-10(7-18-11)2-3-12(16)17/h2-7H,8H2,1H3,(H,16,17). The number of thiophene rings is 1. The zero-order valence-corrected chi connectivity index (χ0v) is 11.9. The minimum absolute atomic E-state index is 0.760. The zero-order valence-electron chi connectivity index (χ0n) is 10.2. The molecule has 2 rings (SSSR count). The van der Waals surface area contributed by atoms with Gasteiger partial charge >= 0.3 is 5.97 Å². The van der Waals surface area contributed by atoms with E-state index >= 15 is 0 Å². The molecule has 0 aliphatic rings. The second-order valence-corrected chi connectivity index (χ2v) is 5.73. The lowest BCUT2D eigenvalue weighted by molar-refractivity contribution is -0.131. The Bertz CT molecular complexity index is 608. The fraction of sp³-hybridized carbons (Fsp3) is 0.154. The van der Waals surface area contributed by atoms with Crippen molar-refractivity contribution >= 4 is 35.1 Å². The van der Waals surface area contributed by atoms with Crippen LogP contribution in [0, 0.1) is 6.92 Å². The van der Waals surface area contributed by atoms with E-state index in [0.29, 0.717) is 0 Å². The van der Waals surface area contributed by atoms with Gasteiger partial charge in [0.15, 0.2) is 5.16 Å². The van der Waals surface area contributed by atoms with Gasteiger partial charge in [0.2, 0.25) is 0 Å². The van der Waals surface area contributed by atoms with Crippen LogP contribution in [-0.4, -0.2) is 21.0 Å². The first-order valence-electron chi connectivity index (χ1n) is 5.54. The van der Waals surface area contributed by atoms with E-state index < -0.39 is 5.97 Å². The maximum absolute atomic E-state index is 10.4. The Morgan fingerprint density at radius 3 is 3.16 bits per heavy atom. The normalized spacial score (nSPS) is 11.0. The molecule has 0 amide bonds. The topological polar surface area (TPSA) is 63.1 Å².